The first kappa shape index (κ1) is 20.1. The normalized spacial score (nSPS) is 11.3. The minimum atomic E-state index is -4.83. The summed E-state index contributed by atoms with van der Waals surface area (Å²) in [5.41, 5.74) is -0.188. The van der Waals surface area contributed by atoms with E-state index in [4.69, 9.17) is 9.84 Å². The number of halogens is 3. The maximum absolute atomic E-state index is 12.2. The van der Waals surface area contributed by atoms with E-state index < -0.39 is 18.1 Å². The molecular formula is C17H23F3O4. The number of rotatable bonds is 11. The van der Waals surface area contributed by atoms with Gasteiger partial charge in [-0.05, 0) is 18.6 Å². The van der Waals surface area contributed by atoms with Crippen molar-refractivity contribution in [1.82, 2.24) is 0 Å². The van der Waals surface area contributed by atoms with Crippen molar-refractivity contribution in [2.75, 3.05) is 6.61 Å². The number of hydrogen-bond acceptors (Lipinski definition) is 3. The predicted molar refractivity (Wildman–Crippen MR) is 83.6 cm³/mol. The SMILES string of the molecule is CCCCCCCCCOc1cc(OC(F)(F)F)ccc1C(=O)O. The van der Waals surface area contributed by atoms with Gasteiger partial charge in [0.1, 0.15) is 17.1 Å². The van der Waals surface area contributed by atoms with E-state index in [1.54, 1.807) is 0 Å². The number of carbonyl (C=O) groups is 1. The summed E-state index contributed by atoms with van der Waals surface area (Å²) in [7, 11) is 0. The zero-order valence-electron chi connectivity index (χ0n) is 13.7. The van der Waals surface area contributed by atoms with Gasteiger partial charge in [0.05, 0.1) is 6.61 Å². The highest BCUT2D eigenvalue weighted by Crippen LogP contribution is 2.29. The van der Waals surface area contributed by atoms with Crippen molar-refractivity contribution in [3.05, 3.63) is 23.8 Å². The Bertz CT molecular complexity index is 515. The summed E-state index contributed by atoms with van der Waals surface area (Å²) in [5, 5.41) is 9.07. The summed E-state index contributed by atoms with van der Waals surface area (Å²) in [4.78, 5) is 11.1. The third-order valence-electron chi connectivity index (χ3n) is 3.42. The molecule has 0 saturated heterocycles. The van der Waals surface area contributed by atoms with Gasteiger partial charge >= 0.3 is 12.3 Å². The Hall–Kier alpha value is -1.92. The molecule has 0 amide bonds. The fourth-order valence-electron chi connectivity index (χ4n) is 2.24. The molecule has 0 aliphatic rings. The molecule has 0 heterocycles. The summed E-state index contributed by atoms with van der Waals surface area (Å²) in [5.74, 6) is -1.87. The van der Waals surface area contributed by atoms with Crippen LogP contribution in [0, 0.1) is 0 Å². The van der Waals surface area contributed by atoms with E-state index in [1.165, 1.54) is 19.3 Å². The van der Waals surface area contributed by atoms with Crippen LogP contribution in [0.3, 0.4) is 0 Å². The number of hydrogen-bond donors (Lipinski definition) is 1. The van der Waals surface area contributed by atoms with E-state index >= 15 is 0 Å². The number of unbranched alkanes of at least 4 members (excludes halogenated alkanes) is 6. The number of carboxylic acid groups (broad SMARTS) is 1. The molecular weight excluding hydrogens is 325 g/mol. The number of ether oxygens (including phenoxy) is 2. The molecule has 0 saturated carbocycles. The van der Waals surface area contributed by atoms with Crippen LogP contribution in [0.5, 0.6) is 11.5 Å². The van der Waals surface area contributed by atoms with Crippen LogP contribution in [0.15, 0.2) is 18.2 Å². The van der Waals surface area contributed by atoms with Gasteiger partial charge in [0, 0.05) is 6.07 Å². The van der Waals surface area contributed by atoms with Crippen LogP contribution in [0.25, 0.3) is 0 Å². The highest BCUT2D eigenvalue weighted by molar-refractivity contribution is 5.91. The van der Waals surface area contributed by atoms with Crippen molar-refractivity contribution < 1.29 is 32.5 Å². The van der Waals surface area contributed by atoms with Crippen LogP contribution in [-0.2, 0) is 0 Å². The zero-order valence-corrected chi connectivity index (χ0v) is 13.7. The van der Waals surface area contributed by atoms with E-state index in [0.29, 0.717) is 0 Å². The van der Waals surface area contributed by atoms with Gasteiger partial charge in [-0.3, -0.25) is 0 Å². The zero-order chi connectivity index (χ0) is 18.0. The van der Waals surface area contributed by atoms with Gasteiger partial charge in [-0.15, -0.1) is 13.2 Å². The molecule has 136 valence electrons. The van der Waals surface area contributed by atoms with Crippen molar-refractivity contribution in [3.8, 4) is 11.5 Å². The lowest BCUT2D eigenvalue weighted by molar-refractivity contribution is -0.274. The molecule has 1 aromatic carbocycles. The van der Waals surface area contributed by atoms with Crippen molar-refractivity contribution in [3.63, 3.8) is 0 Å². The van der Waals surface area contributed by atoms with E-state index in [1.807, 2.05) is 0 Å². The molecule has 1 aromatic rings. The van der Waals surface area contributed by atoms with Crippen LogP contribution >= 0.6 is 0 Å². The molecule has 1 rings (SSSR count). The van der Waals surface area contributed by atoms with Crippen LogP contribution in [0.2, 0.25) is 0 Å². The van der Waals surface area contributed by atoms with E-state index in [0.717, 1.165) is 43.9 Å². The molecule has 0 fully saturated rings. The third kappa shape index (κ3) is 8.08. The maximum atomic E-state index is 12.2. The largest absolute Gasteiger partial charge is 0.573 e. The second-order valence-corrected chi connectivity index (χ2v) is 5.48. The first-order chi connectivity index (χ1) is 11.3. The lowest BCUT2D eigenvalue weighted by atomic mass is 10.1. The summed E-state index contributed by atoms with van der Waals surface area (Å²) < 4.78 is 45.8. The molecule has 0 unspecified atom stereocenters. The number of carboxylic acids is 1. The molecule has 0 bridgehead atoms. The van der Waals surface area contributed by atoms with Crippen molar-refractivity contribution in [2.24, 2.45) is 0 Å². The first-order valence-corrected chi connectivity index (χ1v) is 8.09. The highest BCUT2D eigenvalue weighted by atomic mass is 19.4. The van der Waals surface area contributed by atoms with Gasteiger partial charge in [-0.25, -0.2) is 4.79 Å². The number of alkyl halides is 3. The Labute approximate surface area is 139 Å². The molecule has 0 radical (unpaired) electrons. The Kier molecular flexibility index (Phi) is 8.43. The van der Waals surface area contributed by atoms with Crippen molar-refractivity contribution in [1.29, 1.82) is 0 Å². The van der Waals surface area contributed by atoms with Gasteiger partial charge < -0.3 is 14.6 Å². The minimum Gasteiger partial charge on any atom is -0.493 e. The topological polar surface area (TPSA) is 55.8 Å². The quantitative estimate of drug-likeness (QED) is 0.543. The second-order valence-electron chi connectivity index (χ2n) is 5.48. The Morgan fingerprint density at radius 3 is 2.29 bits per heavy atom. The average molecular weight is 348 g/mol. The lowest BCUT2D eigenvalue weighted by Gasteiger charge is -2.13. The van der Waals surface area contributed by atoms with E-state index in [9.17, 15) is 18.0 Å². The van der Waals surface area contributed by atoms with Gasteiger partial charge in [0.15, 0.2) is 0 Å². The standard InChI is InChI=1S/C17H23F3O4/c1-2-3-4-5-6-7-8-11-23-15-12-13(24-17(18,19)20)9-10-14(15)16(21)22/h9-10,12H,2-8,11H2,1H3,(H,21,22). The van der Waals surface area contributed by atoms with Gasteiger partial charge in [-0.2, -0.15) is 0 Å². The Morgan fingerprint density at radius 2 is 1.71 bits per heavy atom. The monoisotopic (exact) mass is 348 g/mol. The highest BCUT2D eigenvalue weighted by Gasteiger charge is 2.31. The first-order valence-electron chi connectivity index (χ1n) is 8.09. The summed E-state index contributed by atoms with van der Waals surface area (Å²) in [6, 6.07) is 2.96. The fraction of sp³-hybridized carbons (Fsp3) is 0.588. The Balaban J connectivity index is 2.52. The van der Waals surface area contributed by atoms with E-state index in [2.05, 4.69) is 11.7 Å². The molecule has 0 aliphatic carbocycles. The molecule has 0 aromatic heterocycles. The van der Waals surface area contributed by atoms with Gasteiger partial charge in [0.25, 0.3) is 0 Å². The summed E-state index contributed by atoms with van der Waals surface area (Å²) in [6.07, 6.45) is 2.61. The van der Waals surface area contributed by atoms with Gasteiger partial charge in [0.2, 0.25) is 0 Å². The third-order valence-corrected chi connectivity index (χ3v) is 3.42. The maximum Gasteiger partial charge on any atom is 0.573 e. The summed E-state index contributed by atoms with van der Waals surface area (Å²) in [6.45, 7) is 2.40. The molecule has 0 atom stereocenters. The lowest BCUT2D eigenvalue weighted by Crippen LogP contribution is -2.17. The average Bonchev–Trinajstić information content (AvgIpc) is 2.48. The molecule has 4 nitrogen and oxygen atoms in total. The van der Waals surface area contributed by atoms with Crippen LogP contribution in [-0.4, -0.2) is 24.0 Å². The van der Waals surface area contributed by atoms with E-state index in [-0.39, 0.29) is 17.9 Å². The summed E-state index contributed by atoms with van der Waals surface area (Å²) >= 11 is 0. The molecule has 0 spiro atoms. The molecule has 24 heavy (non-hydrogen) atoms. The van der Waals surface area contributed by atoms with Crippen molar-refractivity contribution >= 4 is 5.97 Å². The molecule has 0 aliphatic heterocycles. The van der Waals surface area contributed by atoms with Crippen LogP contribution in [0.1, 0.15) is 62.2 Å². The van der Waals surface area contributed by atoms with Crippen LogP contribution < -0.4 is 9.47 Å². The fourth-order valence-corrected chi connectivity index (χ4v) is 2.24. The predicted octanol–water partition coefficient (Wildman–Crippen LogP) is 5.41. The molecule has 1 N–H and O–H groups in total. The van der Waals surface area contributed by atoms with Crippen molar-refractivity contribution in [2.45, 2.75) is 58.2 Å². The van der Waals surface area contributed by atoms with Crippen LogP contribution in [0.4, 0.5) is 13.2 Å². The minimum absolute atomic E-state index is 0.116. The number of aromatic carboxylic acids is 1. The number of benzene rings is 1. The molecule has 7 heteroatoms. The Morgan fingerprint density at radius 1 is 1.08 bits per heavy atom. The van der Waals surface area contributed by atoms with Gasteiger partial charge in [-0.1, -0.05) is 45.4 Å². The second kappa shape index (κ2) is 10.1. The smallest absolute Gasteiger partial charge is 0.493 e.